The molecule has 0 aliphatic heterocycles. The number of fused-ring (bicyclic) bond motifs is 1. The summed E-state index contributed by atoms with van der Waals surface area (Å²) in [6.07, 6.45) is 0. The van der Waals surface area contributed by atoms with Crippen LogP contribution < -0.4 is 0 Å². The fourth-order valence-corrected chi connectivity index (χ4v) is 3.11. The van der Waals surface area contributed by atoms with Crippen molar-refractivity contribution in [2.45, 2.75) is 0 Å². The number of benzene rings is 3. The minimum absolute atomic E-state index is 0.0572. The van der Waals surface area contributed by atoms with Gasteiger partial charge >= 0.3 is 0 Å². The molecule has 0 spiro atoms. The van der Waals surface area contributed by atoms with Crippen molar-refractivity contribution in [3.05, 3.63) is 81.9 Å². The Kier molecular flexibility index (Phi) is 3.71. The molecule has 0 fully saturated rings. The zero-order chi connectivity index (χ0) is 17.4. The van der Waals surface area contributed by atoms with Gasteiger partial charge in [-0.3, -0.25) is 15.2 Å². The SMILES string of the molecule is O=[N+]([O-])c1ccc2cccc(-c3cc(-c4ccccc4Cl)[nH]n3)c2c1. The van der Waals surface area contributed by atoms with Gasteiger partial charge in [0.05, 0.1) is 16.3 Å². The standard InChI is InChI=1S/C19H12ClN3O2/c20-17-7-2-1-5-15(17)19-11-18(21-22-19)14-6-3-4-12-8-9-13(23(24)25)10-16(12)14/h1-11H,(H,21,22). The number of nitro groups is 1. The minimum Gasteiger partial charge on any atom is -0.277 e. The fraction of sp³-hybridized carbons (Fsp3) is 0. The Hall–Kier alpha value is -3.18. The number of aromatic nitrogens is 2. The number of H-pyrrole nitrogens is 1. The molecule has 0 saturated carbocycles. The molecule has 5 nitrogen and oxygen atoms in total. The quantitative estimate of drug-likeness (QED) is 0.394. The third-order valence-corrected chi connectivity index (χ3v) is 4.42. The van der Waals surface area contributed by atoms with E-state index in [1.54, 1.807) is 12.1 Å². The van der Waals surface area contributed by atoms with E-state index in [1.807, 2.05) is 48.5 Å². The molecule has 122 valence electrons. The Balaban J connectivity index is 1.87. The molecule has 3 aromatic carbocycles. The molecule has 25 heavy (non-hydrogen) atoms. The van der Waals surface area contributed by atoms with E-state index >= 15 is 0 Å². The van der Waals surface area contributed by atoms with Gasteiger partial charge in [-0.15, -0.1) is 0 Å². The van der Waals surface area contributed by atoms with Gasteiger partial charge in [-0.25, -0.2) is 0 Å². The average Bonchev–Trinajstić information content (AvgIpc) is 3.10. The van der Waals surface area contributed by atoms with Crippen LogP contribution in [0.5, 0.6) is 0 Å². The van der Waals surface area contributed by atoms with Crippen LogP contribution in [0.15, 0.2) is 66.7 Å². The van der Waals surface area contributed by atoms with Gasteiger partial charge in [-0.2, -0.15) is 5.10 Å². The van der Waals surface area contributed by atoms with E-state index in [9.17, 15) is 10.1 Å². The molecule has 0 bridgehead atoms. The summed E-state index contributed by atoms with van der Waals surface area (Å²) in [5.41, 5.74) is 3.25. The van der Waals surface area contributed by atoms with Gasteiger partial charge in [-0.1, -0.05) is 48.0 Å². The Morgan fingerprint density at radius 1 is 0.960 bits per heavy atom. The lowest BCUT2D eigenvalue weighted by molar-refractivity contribution is -0.384. The predicted octanol–water partition coefficient (Wildman–Crippen LogP) is 5.46. The van der Waals surface area contributed by atoms with Crippen molar-refractivity contribution in [2.75, 3.05) is 0 Å². The fourth-order valence-electron chi connectivity index (χ4n) is 2.87. The summed E-state index contributed by atoms with van der Waals surface area (Å²) in [4.78, 5) is 10.7. The molecular formula is C19H12ClN3O2. The van der Waals surface area contributed by atoms with Gasteiger partial charge in [0, 0.05) is 28.3 Å². The summed E-state index contributed by atoms with van der Waals surface area (Å²) in [6.45, 7) is 0. The van der Waals surface area contributed by atoms with Crippen LogP contribution in [-0.2, 0) is 0 Å². The highest BCUT2D eigenvalue weighted by atomic mass is 35.5. The summed E-state index contributed by atoms with van der Waals surface area (Å²) in [5.74, 6) is 0. The van der Waals surface area contributed by atoms with E-state index in [0.717, 1.165) is 27.6 Å². The van der Waals surface area contributed by atoms with Crippen molar-refractivity contribution >= 4 is 28.1 Å². The van der Waals surface area contributed by atoms with Crippen molar-refractivity contribution in [3.8, 4) is 22.5 Å². The normalized spacial score (nSPS) is 10.9. The van der Waals surface area contributed by atoms with E-state index in [1.165, 1.54) is 6.07 Å². The maximum absolute atomic E-state index is 11.1. The first-order valence-electron chi connectivity index (χ1n) is 7.61. The molecule has 0 aliphatic rings. The lowest BCUT2D eigenvalue weighted by atomic mass is 10.0. The topological polar surface area (TPSA) is 71.8 Å². The van der Waals surface area contributed by atoms with E-state index in [2.05, 4.69) is 10.2 Å². The molecule has 1 N–H and O–H groups in total. The first kappa shape index (κ1) is 15.4. The maximum Gasteiger partial charge on any atom is 0.270 e. The van der Waals surface area contributed by atoms with E-state index in [0.29, 0.717) is 10.7 Å². The van der Waals surface area contributed by atoms with Gasteiger partial charge in [0.15, 0.2) is 0 Å². The zero-order valence-corrected chi connectivity index (χ0v) is 13.7. The number of nitrogens with zero attached hydrogens (tertiary/aromatic N) is 2. The lowest BCUT2D eigenvalue weighted by Crippen LogP contribution is -1.88. The second-order valence-electron chi connectivity index (χ2n) is 5.61. The highest BCUT2D eigenvalue weighted by Gasteiger charge is 2.13. The van der Waals surface area contributed by atoms with E-state index < -0.39 is 4.92 Å². The second-order valence-corrected chi connectivity index (χ2v) is 6.02. The largest absolute Gasteiger partial charge is 0.277 e. The second kappa shape index (κ2) is 6.03. The average molecular weight is 350 g/mol. The summed E-state index contributed by atoms with van der Waals surface area (Å²) in [7, 11) is 0. The molecule has 6 heteroatoms. The van der Waals surface area contributed by atoms with Crippen molar-refractivity contribution in [3.63, 3.8) is 0 Å². The van der Waals surface area contributed by atoms with Crippen molar-refractivity contribution in [1.82, 2.24) is 10.2 Å². The van der Waals surface area contributed by atoms with Gasteiger partial charge in [-0.05, 0) is 29.0 Å². The van der Waals surface area contributed by atoms with Crippen LogP contribution in [-0.4, -0.2) is 15.1 Å². The molecule has 1 heterocycles. The van der Waals surface area contributed by atoms with Crippen LogP contribution >= 0.6 is 11.6 Å². The highest BCUT2D eigenvalue weighted by Crippen LogP contribution is 2.33. The lowest BCUT2D eigenvalue weighted by Gasteiger charge is -2.04. The molecule has 0 amide bonds. The molecule has 0 radical (unpaired) electrons. The van der Waals surface area contributed by atoms with Gasteiger partial charge in [0.25, 0.3) is 5.69 Å². The highest BCUT2D eigenvalue weighted by molar-refractivity contribution is 6.33. The molecule has 4 rings (SSSR count). The number of rotatable bonds is 3. The number of hydrogen-bond acceptors (Lipinski definition) is 3. The van der Waals surface area contributed by atoms with Gasteiger partial charge < -0.3 is 0 Å². The predicted molar refractivity (Wildman–Crippen MR) is 98.6 cm³/mol. The molecule has 1 aromatic heterocycles. The molecular weight excluding hydrogens is 338 g/mol. The third-order valence-electron chi connectivity index (χ3n) is 4.09. The van der Waals surface area contributed by atoms with E-state index in [4.69, 9.17) is 11.6 Å². The number of hydrogen-bond donors (Lipinski definition) is 1. The third kappa shape index (κ3) is 2.75. The molecule has 0 aliphatic carbocycles. The molecule has 0 saturated heterocycles. The Bertz CT molecular complexity index is 1100. The summed E-state index contributed by atoms with van der Waals surface area (Å²) in [6, 6.07) is 20.0. The van der Waals surface area contributed by atoms with Crippen molar-refractivity contribution in [2.24, 2.45) is 0 Å². The number of nitrogens with one attached hydrogen (secondary N) is 1. The number of halogens is 1. The smallest absolute Gasteiger partial charge is 0.270 e. The van der Waals surface area contributed by atoms with Crippen LogP contribution in [0.3, 0.4) is 0 Å². The molecule has 4 aromatic rings. The van der Waals surface area contributed by atoms with Crippen LogP contribution in [0.1, 0.15) is 0 Å². The first-order chi connectivity index (χ1) is 12.1. The van der Waals surface area contributed by atoms with E-state index in [-0.39, 0.29) is 5.69 Å². The van der Waals surface area contributed by atoms with Crippen LogP contribution in [0.2, 0.25) is 5.02 Å². The number of aromatic amines is 1. The van der Waals surface area contributed by atoms with Crippen molar-refractivity contribution < 1.29 is 4.92 Å². The van der Waals surface area contributed by atoms with Crippen molar-refractivity contribution in [1.29, 1.82) is 0 Å². The van der Waals surface area contributed by atoms with Crippen LogP contribution in [0.4, 0.5) is 5.69 Å². The molecule has 0 unspecified atom stereocenters. The Morgan fingerprint density at radius 3 is 2.56 bits per heavy atom. The number of nitro benzene ring substituents is 1. The summed E-state index contributed by atoms with van der Waals surface area (Å²) in [5, 5.41) is 20.8. The van der Waals surface area contributed by atoms with Crippen LogP contribution in [0.25, 0.3) is 33.3 Å². The monoisotopic (exact) mass is 349 g/mol. The minimum atomic E-state index is -0.393. The molecule has 0 atom stereocenters. The Labute approximate surface area is 148 Å². The maximum atomic E-state index is 11.1. The van der Waals surface area contributed by atoms with Gasteiger partial charge in [0.2, 0.25) is 0 Å². The zero-order valence-electron chi connectivity index (χ0n) is 12.9. The Morgan fingerprint density at radius 2 is 1.76 bits per heavy atom. The summed E-state index contributed by atoms with van der Waals surface area (Å²) >= 11 is 6.24. The number of non-ortho nitro benzene ring substituents is 1. The summed E-state index contributed by atoms with van der Waals surface area (Å²) < 4.78 is 0. The first-order valence-corrected chi connectivity index (χ1v) is 7.99. The van der Waals surface area contributed by atoms with Gasteiger partial charge in [0.1, 0.15) is 0 Å². The van der Waals surface area contributed by atoms with Crippen LogP contribution in [0, 0.1) is 10.1 Å².